The van der Waals surface area contributed by atoms with Gasteiger partial charge in [0.15, 0.2) is 16.6 Å². The van der Waals surface area contributed by atoms with Gasteiger partial charge in [-0.05, 0) is 89.6 Å². The number of nitrogens with zero attached hydrogens (tertiary/aromatic N) is 1. The van der Waals surface area contributed by atoms with E-state index < -0.39 is 16.6 Å². The fourth-order valence-corrected chi connectivity index (χ4v) is 7.11. The van der Waals surface area contributed by atoms with Crippen molar-refractivity contribution in [3.05, 3.63) is 0 Å². The quantitative estimate of drug-likeness (QED) is 0.0881. The molecule has 1 fully saturated rings. The number of hydrogen-bond acceptors (Lipinski definition) is 6. The van der Waals surface area contributed by atoms with Crippen LogP contribution in [0.5, 0.6) is 0 Å². The van der Waals surface area contributed by atoms with Gasteiger partial charge in [0.25, 0.3) is 0 Å². The predicted octanol–water partition coefficient (Wildman–Crippen LogP) is 6.38. The van der Waals surface area contributed by atoms with Gasteiger partial charge in [-0.15, -0.1) is 0 Å². The van der Waals surface area contributed by atoms with Crippen LogP contribution in [-0.4, -0.2) is 54.7 Å². The summed E-state index contributed by atoms with van der Waals surface area (Å²) in [5, 5.41) is 4.33. The summed E-state index contributed by atoms with van der Waals surface area (Å²) in [6.07, 6.45) is 8.86. The SMILES string of the molecule is CCCCC/C(CCC1C(O[Si](C)(C)C)CC(O[Si](C)(C)C)C1CCC(=O)OC)=N\OC. The van der Waals surface area contributed by atoms with Crippen molar-refractivity contribution in [3.8, 4) is 0 Å². The van der Waals surface area contributed by atoms with Crippen LogP contribution in [-0.2, 0) is 23.2 Å². The minimum atomic E-state index is -1.73. The lowest BCUT2D eigenvalue weighted by atomic mass is 9.85. The average molecular weight is 488 g/mol. The maximum absolute atomic E-state index is 12.0. The number of carbonyl (C=O) groups is 1. The summed E-state index contributed by atoms with van der Waals surface area (Å²) in [6, 6.07) is 0. The van der Waals surface area contributed by atoms with Crippen LogP contribution in [0.2, 0.25) is 39.3 Å². The Hall–Kier alpha value is -0.706. The molecule has 32 heavy (non-hydrogen) atoms. The molecule has 6 nitrogen and oxygen atoms in total. The van der Waals surface area contributed by atoms with Gasteiger partial charge in [-0.1, -0.05) is 24.9 Å². The number of carbonyl (C=O) groups excluding carboxylic acids is 1. The Kier molecular flexibility index (Phi) is 12.7. The average Bonchev–Trinajstić information content (AvgIpc) is 2.96. The summed E-state index contributed by atoms with van der Waals surface area (Å²) in [4.78, 5) is 17.1. The van der Waals surface area contributed by atoms with Crippen molar-refractivity contribution in [2.24, 2.45) is 17.0 Å². The molecule has 4 atom stereocenters. The second-order valence-corrected chi connectivity index (χ2v) is 20.0. The third-order valence-electron chi connectivity index (χ3n) is 5.94. The highest BCUT2D eigenvalue weighted by Gasteiger charge is 2.46. The first-order chi connectivity index (χ1) is 14.9. The lowest BCUT2D eigenvalue weighted by Crippen LogP contribution is -2.35. The Morgan fingerprint density at radius 2 is 1.38 bits per heavy atom. The van der Waals surface area contributed by atoms with Gasteiger partial charge in [0.2, 0.25) is 0 Å². The Morgan fingerprint density at radius 1 is 0.844 bits per heavy atom. The highest BCUT2D eigenvalue weighted by atomic mass is 28.4. The van der Waals surface area contributed by atoms with E-state index in [4.69, 9.17) is 18.4 Å². The van der Waals surface area contributed by atoms with Crippen LogP contribution in [0.25, 0.3) is 0 Å². The summed E-state index contributed by atoms with van der Waals surface area (Å²) >= 11 is 0. The van der Waals surface area contributed by atoms with E-state index >= 15 is 0 Å². The molecule has 0 aromatic heterocycles. The predicted molar refractivity (Wildman–Crippen MR) is 137 cm³/mol. The van der Waals surface area contributed by atoms with Crippen LogP contribution in [0.4, 0.5) is 0 Å². The van der Waals surface area contributed by atoms with Crippen molar-refractivity contribution in [3.63, 3.8) is 0 Å². The number of methoxy groups -OCH3 is 1. The van der Waals surface area contributed by atoms with Crippen molar-refractivity contribution < 1.29 is 23.2 Å². The van der Waals surface area contributed by atoms with Crippen LogP contribution in [0.1, 0.15) is 64.7 Å². The molecule has 0 N–H and O–H groups in total. The van der Waals surface area contributed by atoms with Crippen LogP contribution in [0.15, 0.2) is 5.16 Å². The van der Waals surface area contributed by atoms with Gasteiger partial charge < -0.3 is 18.4 Å². The zero-order chi connectivity index (χ0) is 24.4. The topological polar surface area (TPSA) is 66.4 Å². The molecule has 0 aromatic rings. The van der Waals surface area contributed by atoms with Gasteiger partial charge in [0.1, 0.15) is 7.11 Å². The zero-order valence-electron chi connectivity index (χ0n) is 22.2. The van der Waals surface area contributed by atoms with Gasteiger partial charge in [0.05, 0.1) is 25.0 Å². The molecular weight excluding hydrogens is 438 g/mol. The van der Waals surface area contributed by atoms with Gasteiger partial charge in [0, 0.05) is 6.42 Å². The summed E-state index contributed by atoms with van der Waals surface area (Å²) in [5.41, 5.74) is 1.13. The molecular formula is C24H49NO5Si2. The van der Waals surface area contributed by atoms with E-state index in [9.17, 15) is 4.79 Å². The Labute approximate surface area is 199 Å². The van der Waals surface area contributed by atoms with Crippen LogP contribution >= 0.6 is 0 Å². The minimum Gasteiger partial charge on any atom is -0.469 e. The van der Waals surface area contributed by atoms with Gasteiger partial charge in [-0.2, -0.15) is 0 Å². The molecule has 0 aromatic carbocycles. The molecule has 0 amide bonds. The van der Waals surface area contributed by atoms with Crippen LogP contribution in [0, 0.1) is 11.8 Å². The smallest absolute Gasteiger partial charge is 0.305 e. The second-order valence-electron chi connectivity index (χ2n) is 11.1. The summed E-state index contributed by atoms with van der Waals surface area (Å²) in [7, 11) is -0.359. The summed E-state index contributed by atoms with van der Waals surface area (Å²) in [6.45, 7) is 15.7. The van der Waals surface area contributed by atoms with E-state index in [0.29, 0.717) is 18.3 Å². The molecule has 0 bridgehead atoms. The molecule has 8 heteroatoms. The highest BCUT2D eigenvalue weighted by molar-refractivity contribution is 6.70. The first-order valence-corrected chi connectivity index (χ1v) is 19.2. The molecule has 1 rings (SSSR count). The van der Waals surface area contributed by atoms with E-state index in [1.807, 2.05) is 0 Å². The molecule has 4 unspecified atom stereocenters. The van der Waals surface area contributed by atoms with Gasteiger partial charge in [-0.3, -0.25) is 4.79 Å². The molecule has 1 saturated carbocycles. The third-order valence-corrected chi connectivity index (χ3v) is 7.96. The highest BCUT2D eigenvalue weighted by Crippen LogP contribution is 2.44. The minimum absolute atomic E-state index is 0.139. The Bertz CT molecular complexity index is 586. The third kappa shape index (κ3) is 11.4. The summed E-state index contributed by atoms with van der Waals surface area (Å²) < 4.78 is 18.3. The molecule has 0 saturated heterocycles. The number of hydrogen-bond donors (Lipinski definition) is 0. The van der Waals surface area contributed by atoms with Crippen molar-refractivity contribution >= 4 is 28.3 Å². The van der Waals surface area contributed by atoms with E-state index in [2.05, 4.69) is 51.4 Å². The normalized spacial score (nSPS) is 24.6. The number of esters is 1. The maximum atomic E-state index is 12.0. The van der Waals surface area contributed by atoms with E-state index in [1.54, 1.807) is 7.11 Å². The number of oxime groups is 1. The van der Waals surface area contributed by atoms with Gasteiger partial charge >= 0.3 is 5.97 Å². The second kappa shape index (κ2) is 13.9. The Morgan fingerprint density at radius 3 is 1.81 bits per heavy atom. The van der Waals surface area contributed by atoms with E-state index in [1.165, 1.54) is 20.0 Å². The van der Waals surface area contributed by atoms with E-state index in [0.717, 1.165) is 44.2 Å². The number of unbranched alkanes of at least 4 members (excludes halogenated alkanes) is 2. The van der Waals surface area contributed by atoms with Crippen molar-refractivity contribution in [1.29, 1.82) is 0 Å². The van der Waals surface area contributed by atoms with Crippen molar-refractivity contribution in [2.75, 3.05) is 14.2 Å². The molecule has 0 aliphatic heterocycles. The molecule has 0 heterocycles. The first kappa shape index (κ1) is 29.3. The first-order valence-electron chi connectivity index (χ1n) is 12.4. The summed E-state index contributed by atoms with van der Waals surface area (Å²) in [5.74, 6) is 0.494. The molecule has 0 spiro atoms. The Balaban J connectivity index is 3.07. The van der Waals surface area contributed by atoms with E-state index in [-0.39, 0.29) is 18.2 Å². The molecule has 1 aliphatic rings. The lowest BCUT2D eigenvalue weighted by molar-refractivity contribution is -0.141. The molecule has 1 aliphatic carbocycles. The van der Waals surface area contributed by atoms with Gasteiger partial charge in [-0.25, -0.2) is 0 Å². The monoisotopic (exact) mass is 487 g/mol. The van der Waals surface area contributed by atoms with Crippen molar-refractivity contribution in [2.45, 2.75) is 116 Å². The number of rotatable bonds is 15. The zero-order valence-corrected chi connectivity index (χ0v) is 24.2. The number of ether oxygens (including phenoxy) is 1. The van der Waals surface area contributed by atoms with Crippen LogP contribution < -0.4 is 0 Å². The fourth-order valence-electron chi connectivity index (χ4n) is 4.75. The van der Waals surface area contributed by atoms with Crippen molar-refractivity contribution in [1.82, 2.24) is 0 Å². The molecule has 188 valence electrons. The standard InChI is InChI=1S/C24H49NO5Si2/c1-10-11-12-13-19(25-28-3)14-15-20-21(16-17-24(26)27-2)23(30-32(7,8)9)18-22(20)29-31(4,5)6/h20-23H,10-18H2,1-9H3/b25-19+. The maximum Gasteiger partial charge on any atom is 0.305 e. The van der Waals surface area contributed by atoms with Crippen LogP contribution in [0.3, 0.4) is 0 Å². The fraction of sp³-hybridized carbons (Fsp3) is 0.917. The largest absolute Gasteiger partial charge is 0.469 e. The lowest BCUT2D eigenvalue weighted by Gasteiger charge is -2.31. The molecule has 0 radical (unpaired) electrons.